The van der Waals surface area contributed by atoms with E-state index in [0.717, 1.165) is 9.52 Å². The summed E-state index contributed by atoms with van der Waals surface area (Å²) in [5.41, 5.74) is 2.47. The lowest BCUT2D eigenvalue weighted by Crippen LogP contribution is -1.97. The summed E-state index contributed by atoms with van der Waals surface area (Å²) < 4.78 is 1.12. The molecule has 1 aromatic rings. The molecule has 0 aliphatic heterocycles. The van der Waals surface area contributed by atoms with Crippen LogP contribution in [0.15, 0.2) is 27.7 Å². The number of hydrogen-bond acceptors (Lipinski definition) is 2. The van der Waals surface area contributed by atoms with Gasteiger partial charge in [-0.3, -0.25) is 4.99 Å². The van der Waals surface area contributed by atoms with Gasteiger partial charge in [-0.05, 0) is 30.9 Å². The minimum atomic E-state index is 1.09. The lowest BCUT2D eigenvalue weighted by atomic mass is 10.1. The monoisotopic (exact) mass is 257 g/mol. The lowest BCUT2D eigenvalue weighted by Gasteiger charge is -2.06. The summed E-state index contributed by atoms with van der Waals surface area (Å²) >= 11 is 5.12. The molecule has 0 aromatic heterocycles. The van der Waals surface area contributed by atoms with Crippen molar-refractivity contribution in [2.45, 2.75) is 6.92 Å². The molecule has 0 bridgehead atoms. The highest BCUT2D eigenvalue weighted by molar-refractivity contribution is 9.10. The molecule has 3 heteroatoms. The molecule has 0 heterocycles. The van der Waals surface area contributed by atoms with Crippen LogP contribution in [0.5, 0.6) is 0 Å². The van der Waals surface area contributed by atoms with Crippen molar-refractivity contribution in [2.75, 3.05) is 13.3 Å². The van der Waals surface area contributed by atoms with Crippen LogP contribution in [0.1, 0.15) is 11.1 Å². The lowest BCUT2D eigenvalue weighted by molar-refractivity contribution is 1.40. The van der Waals surface area contributed by atoms with E-state index in [1.54, 1.807) is 11.8 Å². The van der Waals surface area contributed by atoms with Gasteiger partial charge in [0.25, 0.3) is 0 Å². The molecule has 0 unspecified atom stereocenters. The van der Waals surface area contributed by atoms with E-state index in [-0.39, 0.29) is 0 Å². The van der Waals surface area contributed by atoms with Crippen molar-refractivity contribution in [3.05, 3.63) is 33.8 Å². The molecule has 0 aliphatic rings. The van der Waals surface area contributed by atoms with Gasteiger partial charge >= 0.3 is 0 Å². The van der Waals surface area contributed by atoms with E-state index in [2.05, 4.69) is 40.0 Å². The number of hydrogen-bond donors (Lipinski definition) is 0. The van der Waals surface area contributed by atoms with E-state index < -0.39 is 0 Å². The molecule has 0 fully saturated rings. The van der Waals surface area contributed by atoms with Crippen molar-refractivity contribution in [3.8, 4) is 0 Å². The maximum absolute atomic E-state index is 4.23. The third kappa shape index (κ3) is 2.58. The van der Waals surface area contributed by atoms with Crippen molar-refractivity contribution in [3.63, 3.8) is 0 Å². The van der Waals surface area contributed by atoms with E-state index in [0.29, 0.717) is 0 Å². The van der Waals surface area contributed by atoms with Crippen LogP contribution in [-0.4, -0.2) is 18.3 Å². The highest BCUT2D eigenvalue weighted by Gasteiger charge is 2.04. The van der Waals surface area contributed by atoms with Crippen molar-refractivity contribution >= 4 is 32.7 Å². The van der Waals surface area contributed by atoms with Gasteiger partial charge in [0.05, 0.1) is 5.04 Å². The second-order valence-electron chi connectivity index (χ2n) is 2.69. The van der Waals surface area contributed by atoms with Crippen LogP contribution in [0.2, 0.25) is 0 Å². The molecule has 0 saturated carbocycles. The maximum Gasteiger partial charge on any atom is 0.0973 e. The Kier molecular flexibility index (Phi) is 4.00. The molecule has 0 N–H and O–H groups in total. The van der Waals surface area contributed by atoms with Crippen molar-refractivity contribution in [2.24, 2.45) is 4.99 Å². The van der Waals surface area contributed by atoms with Crippen LogP contribution in [0.4, 0.5) is 0 Å². The third-order valence-electron chi connectivity index (χ3n) is 1.82. The van der Waals surface area contributed by atoms with Crippen LogP contribution < -0.4 is 0 Å². The SMILES string of the molecule is CN=C(SC)c1ccc(Br)cc1C. The normalized spacial score (nSPS) is 11.8. The summed E-state index contributed by atoms with van der Waals surface area (Å²) in [4.78, 5) is 4.23. The van der Waals surface area contributed by atoms with Gasteiger partial charge in [0.1, 0.15) is 0 Å². The molecule has 13 heavy (non-hydrogen) atoms. The molecule has 1 nitrogen and oxygen atoms in total. The van der Waals surface area contributed by atoms with Gasteiger partial charge in [-0.1, -0.05) is 22.0 Å². The van der Waals surface area contributed by atoms with Crippen LogP contribution >= 0.6 is 27.7 Å². The van der Waals surface area contributed by atoms with Crippen molar-refractivity contribution in [1.82, 2.24) is 0 Å². The Labute approximate surface area is 91.8 Å². The van der Waals surface area contributed by atoms with E-state index >= 15 is 0 Å². The zero-order chi connectivity index (χ0) is 9.84. The zero-order valence-electron chi connectivity index (χ0n) is 7.97. The van der Waals surface area contributed by atoms with Gasteiger partial charge < -0.3 is 0 Å². The minimum absolute atomic E-state index is 1.09. The third-order valence-corrected chi connectivity index (χ3v) is 3.10. The highest BCUT2D eigenvalue weighted by Crippen LogP contribution is 2.19. The van der Waals surface area contributed by atoms with E-state index in [1.807, 2.05) is 19.4 Å². The van der Waals surface area contributed by atoms with Crippen LogP contribution in [0, 0.1) is 6.92 Å². The van der Waals surface area contributed by atoms with Gasteiger partial charge in [0.15, 0.2) is 0 Å². The average Bonchev–Trinajstić information content (AvgIpc) is 2.10. The summed E-state index contributed by atoms with van der Waals surface area (Å²) in [7, 11) is 1.83. The van der Waals surface area contributed by atoms with Gasteiger partial charge in [0, 0.05) is 17.1 Å². The molecule has 0 atom stereocenters. The Morgan fingerprint density at radius 3 is 2.62 bits per heavy atom. The Morgan fingerprint density at radius 2 is 2.15 bits per heavy atom. The fourth-order valence-corrected chi connectivity index (χ4v) is 2.30. The Balaban J connectivity index is 3.15. The second-order valence-corrected chi connectivity index (χ2v) is 4.40. The van der Waals surface area contributed by atoms with Crippen LogP contribution in [0.3, 0.4) is 0 Å². The summed E-state index contributed by atoms with van der Waals surface area (Å²) in [6.45, 7) is 2.10. The van der Waals surface area contributed by atoms with E-state index in [1.165, 1.54) is 11.1 Å². The van der Waals surface area contributed by atoms with Crippen LogP contribution in [0.25, 0.3) is 0 Å². The first-order chi connectivity index (χ1) is 6.19. The first-order valence-corrected chi connectivity index (χ1v) is 5.98. The maximum atomic E-state index is 4.23. The van der Waals surface area contributed by atoms with Crippen molar-refractivity contribution < 1.29 is 0 Å². The number of benzene rings is 1. The quantitative estimate of drug-likeness (QED) is 0.554. The predicted molar refractivity (Wildman–Crippen MR) is 64.9 cm³/mol. The first-order valence-electron chi connectivity index (χ1n) is 3.96. The molecule has 1 aromatic carbocycles. The standard InChI is InChI=1S/C10H12BrNS/c1-7-6-8(11)4-5-9(7)10(12-2)13-3/h4-6H,1-3H3. The minimum Gasteiger partial charge on any atom is -0.281 e. The Hall–Kier alpha value is -0.280. The van der Waals surface area contributed by atoms with E-state index in [4.69, 9.17) is 0 Å². The van der Waals surface area contributed by atoms with Crippen molar-refractivity contribution in [1.29, 1.82) is 0 Å². The molecule has 0 spiro atoms. The topological polar surface area (TPSA) is 12.4 Å². The second kappa shape index (κ2) is 4.82. The Morgan fingerprint density at radius 1 is 1.46 bits per heavy atom. The van der Waals surface area contributed by atoms with Gasteiger partial charge in [-0.2, -0.15) is 0 Å². The summed E-state index contributed by atoms with van der Waals surface area (Å²) in [6, 6.07) is 6.25. The molecule has 0 radical (unpaired) electrons. The van der Waals surface area contributed by atoms with E-state index in [9.17, 15) is 0 Å². The van der Waals surface area contributed by atoms with Crippen LogP contribution in [-0.2, 0) is 0 Å². The number of halogens is 1. The molecule has 0 aliphatic carbocycles. The smallest absolute Gasteiger partial charge is 0.0973 e. The van der Waals surface area contributed by atoms with Gasteiger partial charge in [-0.25, -0.2) is 0 Å². The van der Waals surface area contributed by atoms with Gasteiger partial charge in [0.2, 0.25) is 0 Å². The summed E-state index contributed by atoms with van der Waals surface area (Å²) in [6.07, 6.45) is 2.05. The van der Waals surface area contributed by atoms with Gasteiger partial charge in [-0.15, -0.1) is 11.8 Å². The number of nitrogens with zero attached hydrogens (tertiary/aromatic N) is 1. The summed E-state index contributed by atoms with van der Waals surface area (Å²) in [5, 5.41) is 1.09. The Bertz CT molecular complexity index is 334. The summed E-state index contributed by atoms with van der Waals surface area (Å²) in [5.74, 6) is 0. The number of rotatable bonds is 1. The zero-order valence-corrected chi connectivity index (χ0v) is 10.4. The number of thioether (sulfide) groups is 1. The largest absolute Gasteiger partial charge is 0.281 e. The number of aliphatic imine (C=N–C) groups is 1. The molecule has 70 valence electrons. The fourth-order valence-electron chi connectivity index (χ4n) is 1.19. The fraction of sp³-hybridized carbons (Fsp3) is 0.300. The highest BCUT2D eigenvalue weighted by atomic mass is 79.9. The molecule has 0 amide bonds. The molecule has 0 saturated heterocycles. The molecular weight excluding hydrogens is 246 g/mol. The molecule has 1 rings (SSSR count). The molecular formula is C10H12BrNS. The first kappa shape index (κ1) is 10.8. The number of aryl methyl sites for hydroxylation is 1. The average molecular weight is 258 g/mol. The predicted octanol–water partition coefficient (Wildman–Crippen LogP) is 3.50.